The Balaban J connectivity index is 3.12. The third kappa shape index (κ3) is 4.18. The predicted octanol–water partition coefficient (Wildman–Crippen LogP) is 1.62. The Labute approximate surface area is 142 Å². The maximum atomic E-state index is 11.7. The number of Topliss-reactive ketones (excluding diaryl/α,β-unsaturated/α-hetero) is 1. The maximum Gasteiger partial charge on any atom is 0.246 e. The number of ketones is 1. The molecule has 0 unspecified atom stereocenters. The second-order valence-corrected chi connectivity index (χ2v) is 5.44. The summed E-state index contributed by atoms with van der Waals surface area (Å²) >= 11 is 0. The molecule has 1 aromatic carbocycles. The number of nitrogens with two attached hydrogens (primary N) is 1. The molecular formula is C17H25N3O4. The summed E-state index contributed by atoms with van der Waals surface area (Å²) in [5.41, 5.74) is 7.74. The summed E-state index contributed by atoms with van der Waals surface area (Å²) in [6, 6.07) is 1.60. The van der Waals surface area contributed by atoms with Gasteiger partial charge in [0.15, 0.2) is 11.5 Å². The molecule has 0 saturated heterocycles. The molecule has 3 N–H and O–H groups in total. The first-order chi connectivity index (χ1) is 11.2. The van der Waals surface area contributed by atoms with E-state index in [1.165, 1.54) is 21.1 Å². The van der Waals surface area contributed by atoms with Crippen LogP contribution in [-0.2, 0) is 4.79 Å². The Bertz CT molecular complexity index is 656. The van der Waals surface area contributed by atoms with E-state index in [1.54, 1.807) is 13.0 Å². The van der Waals surface area contributed by atoms with Gasteiger partial charge in [-0.25, -0.2) is 0 Å². The predicted molar refractivity (Wildman–Crippen MR) is 95.1 cm³/mol. The van der Waals surface area contributed by atoms with Crippen molar-refractivity contribution in [3.8, 4) is 11.5 Å². The van der Waals surface area contributed by atoms with Crippen LogP contribution in [0.1, 0.15) is 24.2 Å². The Kier molecular flexibility index (Phi) is 6.64. The number of hydrogen-bond acceptors (Lipinski definition) is 6. The lowest BCUT2D eigenvalue weighted by molar-refractivity contribution is -0.117. The van der Waals surface area contributed by atoms with Crippen molar-refractivity contribution >= 4 is 23.1 Å². The number of amides is 1. The average Bonchev–Trinajstić information content (AvgIpc) is 2.53. The van der Waals surface area contributed by atoms with Gasteiger partial charge in [0.25, 0.3) is 0 Å². The minimum absolute atomic E-state index is 0.174. The first-order valence-corrected chi connectivity index (χ1v) is 7.44. The second kappa shape index (κ2) is 8.24. The minimum atomic E-state index is -0.200. The highest BCUT2D eigenvalue weighted by atomic mass is 16.5. The van der Waals surface area contributed by atoms with Gasteiger partial charge in [0.1, 0.15) is 11.4 Å². The fourth-order valence-electron chi connectivity index (χ4n) is 2.25. The van der Waals surface area contributed by atoms with Crippen LogP contribution in [0.2, 0.25) is 0 Å². The zero-order valence-corrected chi connectivity index (χ0v) is 14.9. The number of anilines is 2. The van der Waals surface area contributed by atoms with Crippen molar-refractivity contribution in [2.75, 3.05) is 45.0 Å². The van der Waals surface area contributed by atoms with Crippen LogP contribution in [0.25, 0.3) is 0 Å². The highest BCUT2D eigenvalue weighted by molar-refractivity contribution is 6.03. The lowest BCUT2D eigenvalue weighted by Crippen LogP contribution is -2.33. The van der Waals surface area contributed by atoms with Crippen LogP contribution in [-0.4, -0.2) is 46.0 Å². The molecule has 0 aliphatic carbocycles. The normalized spacial score (nSPS) is 10.0. The van der Waals surface area contributed by atoms with Crippen molar-refractivity contribution in [1.29, 1.82) is 0 Å². The number of carbonyl (C=O) groups excluding carboxylic acids is 2. The highest BCUT2D eigenvalue weighted by Crippen LogP contribution is 2.43. The van der Waals surface area contributed by atoms with Crippen LogP contribution >= 0.6 is 0 Å². The lowest BCUT2D eigenvalue weighted by Gasteiger charge is -2.26. The van der Waals surface area contributed by atoms with Crippen molar-refractivity contribution in [3.63, 3.8) is 0 Å². The molecule has 0 aromatic heterocycles. The Morgan fingerprint density at radius 2 is 1.92 bits per heavy atom. The molecule has 0 aliphatic rings. The summed E-state index contributed by atoms with van der Waals surface area (Å²) < 4.78 is 10.8. The molecule has 1 rings (SSSR count). The maximum absolute atomic E-state index is 11.7. The standard InChI is InChI=1S/C17H25N3O4/c1-10(2)17(22)19-7-8-20(4)15-13(23-5)9-12(11(3)21)14(18)16(15)24-6/h9H,1,7-8,18H2,2-6H3,(H,19,22). The molecule has 0 aliphatic heterocycles. The summed E-state index contributed by atoms with van der Waals surface area (Å²) in [6.07, 6.45) is 0. The van der Waals surface area contributed by atoms with Crippen molar-refractivity contribution in [3.05, 3.63) is 23.8 Å². The van der Waals surface area contributed by atoms with Gasteiger partial charge in [-0.3, -0.25) is 9.59 Å². The highest BCUT2D eigenvalue weighted by Gasteiger charge is 2.22. The Hall–Kier alpha value is -2.70. The summed E-state index contributed by atoms with van der Waals surface area (Å²) in [5.74, 6) is 0.467. The zero-order valence-electron chi connectivity index (χ0n) is 14.9. The van der Waals surface area contributed by atoms with Crippen molar-refractivity contribution in [2.24, 2.45) is 0 Å². The number of nitrogen functional groups attached to an aromatic ring is 1. The average molecular weight is 335 g/mol. The minimum Gasteiger partial charge on any atom is -0.494 e. The molecule has 0 radical (unpaired) electrons. The molecule has 1 aromatic rings. The van der Waals surface area contributed by atoms with E-state index in [0.29, 0.717) is 41.4 Å². The molecule has 7 nitrogen and oxygen atoms in total. The number of rotatable bonds is 8. The smallest absolute Gasteiger partial charge is 0.246 e. The van der Waals surface area contributed by atoms with E-state index in [4.69, 9.17) is 15.2 Å². The molecule has 0 bridgehead atoms. The second-order valence-electron chi connectivity index (χ2n) is 5.44. The van der Waals surface area contributed by atoms with Crippen molar-refractivity contribution in [2.45, 2.75) is 13.8 Å². The van der Waals surface area contributed by atoms with Gasteiger partial charge in [-0.05, 0) is 19.9 Å². The van der Waals surface area contributed by atoms with Crippen LogP contribution < -0.4 is 25.4 Å². The summed E-state index contributed by atoms with van der Waals surface area (Å²) in [5, 5.41) is 2.75. The third-order valence-corrected chi connectivity index (χ3v) is 3.56. The van der Waals surface area contributed by atoms with Crippen LogP contribution in [0.15, 0.2) is 18.2 Å². The Morgan fingerprint density at radius 1 is 1.29 bits per heavy atom. The van der Waals surface area contributed by atoms with Crippen LogP contribution in [0, 0.1) is 0 Å². The largest absolute Gasteiger partial charge is 0.494 e. The van der Waals surface area contributed by atoms with E-state index >= 15 is 0 Å². The van der Waals surface area contributed by atoms with E-state index in [-0.39, 0.29) is 17.4 Å². The SMILES string of the molecule is C=C(C)C(=O)NCCN(C)c1c(OC)cc(C(C)=O)c(N)c1OC. The van der Waals surface area contributed by atoms with Gasteiger partial charge in [0, 0.05) is 31.3 Å². The number of likely N-dealkylation sites (N-methyl/N-ethyl adjacent to an activating group) is 1. The number of methoxy groups -OCH3 is 2. The van der Waals surface area contributed by atoms with Gasteiger partial charge < -0.3 is 25.4 Å². The summed E-state index contributed by atoms with van der Waals surface area (Å²) in [6.45, 7) is 7.56. The molecule has 0 saturated carbocycles. The third-order valence-electron chi connectivity index (χ3n) is 3.56. The fourth-order valence-corrected chi connectivity index (χ4v) is 2.25. The van der Waals surface area contributed by atoms with E-state index in [1.807, 2.05) is 11.9 Å². The molecule has 0 heterocycles. The number of carbonyl (C=O) groups is 2. The molecular weight excluding hydrogens is 310 g/mol. The molecule has 132 valence electrons. The van der Waals surface area contributed by atoms with E-state index < -0.39 is 0 Å². The lowest BCUT2D eigenvalue weighted by atomic mass is 10.1. The molecule has 7 heteroatoms. The number of nitrogens with one attached hydrogen (secondary N) is 1. The number of nitrogens with zero attached hydrogens (tertiary/aromatic N) is 1. The molecule has 0 fully saturated rings. The van der Waals surface area contributed by atoms with Crippen LogP contribution in [0.3, 0.4) is 0 Å². The van der Waals surface area contributed by atoms with Crippen molar-refractivity contribution < 1.29 is 19.1 Å². The van der Waals surface area contributed by atoms with Crippen LogP contribution in [0.5, 0.6) is 11.5 Å². The quantitative estimate of drug-likeness (QED) is 0.426. The van der Waals surface area contributed by atoms with E-state index in [2.05, 4.69) is 11.9 Å². The number of ether oxygens (including phenoxy) is 2. The van der Waals surface area contributed by atoms with Gasteiger partial charge in [-0.15, -0.1) is 0 Å². The van der Waals surface area contributed by atoms with Gasteiger partial charge in [0.2, 0.25) is 5.91 Å². The topological polar surface area (TPSA) is 93.9 Å². The zero-order chi connectivity index (χ0) is 18.4. The first kappa shape index (κ1) is 19.3. The fraction of sp³-hybridized carbons (Fsp3) is 0.412. The van der Waals surface area contributed by atoms with Crippen LogP contribution in [0.4, 0.5) is 11.4 Å². The van der Waals surface area contributed by atoms with Gasteiger partial charge in [-0.2, -0.15) is 0 Å². The van der Waals surface area contributed by atoms with Crippen molar-refractivity contribution in [1.82, 2.24) is 5.32 Å². The van der Waals surface area contributed by atoms with Gasteiger partial charge >= 0.3 is 0 Å². The summed E-state index contributed by atoms with van der Waals surface area (Å²) in [4.78, 5) is 25.1. The van der Waals surface area contributed by atoms with E-state index in [0.717, 1.165) is 0 Å². The molecule has 0 spiro atoms. The van der Waals surface area contributed by atoms with Gasteiger partial charge in [0.05, 0.1) is 19.9 Å². The van der Waals surface area contributed by atoms with E-state index in [9.17, 15) is 9.59 Å². The molecule has 0 atom stereocenters. The monoisotopic (exact) mass is 335 g/mol. The Morgan fingerprint density at radius 3 is 2.38 bits per heavy atom. The van der Waals surface area contributed by atoms with Gasteiger partial charge in [-0.1, -0.05) is 6.58 Å². The first-order valence-electron chi connectivity index (χ1n) is 7.44. The number of hydrogen-bond donors (Lipinski definition) is 2. The number of benzene rings is 1. The molecule has 1 amide bonds. The summed E-state index contributed by atoms with van der Waals surface area (Å²) in [7, 11) is 4.81. The molecule has 24 heavy (non-hydrogen) atoms.